The topological polar surface area (TPSA) is 12.9 Å². The molecule has 0 saturated heterocycles. The second-order valence-corrected chi connectivity index (χ2v) is 4.05. The van der Waals surface area contributed by atoms with Crippen LogP contribution in [0.1, 0.15) is 44.9 Å². The minimum absolute atomic E-state index is 0.570. The number of aryl methyl sites for hydroxylation is 1. The number of aromatic nitrogens is 1. The SMILES string of the molecule is CC.Cc1cc2c(C(C)C)cccc2cn1. The van der Waals surface area contributed by atoms with E-state index in [9.17, 15) is 0 Å². The summed E-state index contributed by atoms with van der Waals surface area (Å²) in [4.78, 5) is 4.31. The zero-order valence-corrected chi connectivity index (χ0v) is 10.9. The van der Waals surface area contributed by atoms with Crippen LogP contribution in [-0.2, 0) is 0 Å². The van der Waals surface area contributed by atoms with Crippen LogP contribution in [0.3, 0.4) is 0 Å². The summed E-state index contributed by atoms with van der Waals surface area (Å²) in [7, 11) is 0. The molecule has 0 aliphatic carbocycles. The second-order valence-electron chi connectivity index (χ2n) is 4.05. The lowest BCUT2D eigenvalue weighted by atomic mass is 9.97. The molecule has 1 heterocycles. The monoisotopic (exact) mass is 215 g/mol. The molecule has 0 N–H and O–H groups in total. The summed E-state index contributed by atoms with van der Waals surface area (Å²) < 4.78 is 0. The number of benzene rings is 1. The third-order valence-corrected chi connectivity index (χ3v) is 2.56. The third kappa shape index (κ3) is 2.60. The van der Waals surface area contributed by atoms with Crippen LogP contribution in [0.4, 0.5) is 0 Å². The first-order valence-electron chi connectivity index (χ1n) is 6.04. The average Bonchev–Trinajstić information content (AvgIpc) is 2.30. The lowest BCUT2D eigenvalue weighted by molar-refractivity contribution is 0.876. The zero-order chi connectivity index (χ0) is 12.1. The molecule has 1 aromatic carbocycles. The average molecular weight is 215 g/mol. The molecule has 0 radical (unpaired) electrons. The van der Waals surface area contributed by atoms with Gasteiger partial charge >= 0.3 is 0 Å². The number of nitrogens with zero attached hydrogens (tertiary/aromatic N) is 1. The molecule has 0 spiro atoms. The predicted molar refractivity (Wildman–Crippen MR) is 71.9 cm³/mol. The Kier molecular flexibility index (Phi) is 4.48. The van der Waals surface area contributed by atoms with Gasteiger partial charge in [0.2, 0.25) is 0 Å². The van der Waals surface area contributed by atoms with Crippen molar-refractivity contribution >= 4 is 10.8 Å². The molecule has 0 saturated carbocycles. The van der Waals surface area contributed by atoms with E-state index >= 15 is 0 Å². The van der Waals surface area contributed by atoms with Crippen molar-refractivity contribution < 1.29 is 0 Å². The molecule has 1 nitrogen and oxygen atoms in total. The standard InChI is InChI=1S/C13H15N.C2H6/c1-9(2)12-6-4-5-11-8-14-10(3)7-13(11)12;1-2/h4-9H,1-3H3;1-2H3. The summed E-state index contributed by atoms with van der Waals surface area (Å²) in [6.45, 7) is 10.5. The third-order valence-electron chi connectivity index (χ3n) is 2.56. The highest BCUT2D eigenvalue weighted by molar-refractivity contribution is 5.85. The molecular formula is C15H21N. The van der Waals surface area contributed by atoms with Gasteiger partial charge < -0.3 is 0 Å². The maximum atomic E-state index is 4.31. The van der Waals surface area contributed by atoms with Gasteiger partial charge in [0.15, 0.2) is 0 Å². The molecule has 1 aromatic heterocycles. The van der Waals surface area contributed by atoms with Crippen molar-refractivity contribution in [1.82, 2.24) is 4.98 Å². The van der Waals surface area contributed by atoms with Crippen LogP contribution in [0.15, 0.2) is 30.5 Å². The fraction of sp³-hybridized carbons (Fsp3) is 0.400. The van der Waals surface area contributed by atoms with Gasteiger partial charge in [-0.05, 0) is 29.9 Å². The van der Waals surface area contributed by atoms with Crippen LogP contribution in [0.5, 0.6) is 0 Å². The van der Waals surface area contributed by atoms with E-state index in [1.54, 1.807) is 0 Å². The van der Waals surface area contributed by atoms with Gasteiger partial charge in [0.05, 0.1) is 0 Å². The van der Waals surface area contributed by atoms with Gasteiger partial charge in [0.1, 0.15) is 0 Å². The molecule has 1 heteroatoms. The molecule has 0 bridgehead atoms. The van der Waals surface area contributed by atoms with E-state index in [-0.39, 0.29) is 0 Å². The molecule has 86 valence electrons. The van der Waals surface area contributed by atoms with E-state index in [2.05, 4.69) is 43.1 Å². The first-order chi connectivity index (χ1) is 7.68. The van der Waals surface area contributed by atoms with Crippen LogP contribution in [0, 0.1) is 6.92 Å². The van der Waals surface area contributed by atoms with Crippen molar-refractivity contribution in [3.05, 3.63) is 41.7 Å². The molecule has 0 atom stereocenters. The molecule has 2 rings (SSSR count). The minimum Gasteiger partial charge on any atom is -0.261 e. The van der Waals surface area contributed by atoms with Gasteiger partial charge in [-0.3, -0.25) is 4.98 Å². The van der Waals surface area contributed by atoms with E-state index < -0.39 is 0 Å². The lowest BCUT2D eigenvalue weighted by Gasteiger charge is -2.09. The van der Waals surface area contributed by atoms with Crippen molar-refractivity contribution in [3.8, 4) is 0 Å². The first kappa shape index (κ1) is 12.7. The largest absolute Gasteiger partial charge is 0.261 e. The van der Waals surface area contributed by atoms with E-state index in [0.717, 1.165) is 5.69 Å². The number of hydrogen-bond acceptors (Lipinski definition) is 1. The molecule has 0 aliphatic heterocycles. The van der Waals surface area contributed by atoms with Gasteiger partial charge in [-0.2, -0.15) is 0 Å². The molecule has 0 aliphatic rings. The van der Waals surface area contributed by atoms with Crippen molar-refractivity contribution in [3.63, 3.8) is 0 Å². The molecule has 16 heavy (non-hydrogen) atoms. The van der Waals surface area contributed by atoms with Crippen LogP contribution in [0.2, 0.25) is 0 Å². The van der Waals surface area contributed by atoms with Gasteiger partial charge in [-0.15, -0.1) is 0 Å². The van der Waals surface area contributed by atoms with Gasteiger partial charge in [-0.25, -0.2) is 0 Å². The molecule has 0 unspecified atom stereocenters. The smallest absolute Gasteiger partial charge is 0.0379 e. The van der Waals surface area contributed by atoms with Crippen molar-refractivity contribution in [2.45, 2.75) is 40.5 Å². The Bertz CT molecular complexity index is 458. The lowest BCUT2D eigenvalue weighted by Crippen LogP contribution is -1.90. The molecule has 0 fully saturated rings. The van der Waals surface area contributed by atoms with E-state index in [1.807, 2.05) is 27.0 Å². The summed E-state index contributed by atoms with van der Waals surface area (Å²) in [5, 5.41) is 2.58. The Labute approximate surface area is 98.5 Å². The van der Waals surface area contributed by atoms with Crippen LogP contribution < -0.4 is 0 Å². The fourth-order valence-electron chi connectivity index (χ4n) is 1.80. The number of rotatable bonds is 1. The van der Waals surface area contributed by atoms with Crippen molar-refractivity contribution in [2.24, 2.45) is 0 Å². The maximum Gasteiger partial charge on any atom is 0.0379 e. The quantitative estimate of drug-likeness (QED) is 0.672. The Morgan fingerprint density at radius 3 is 2.44 bits per heavy atom. The van der Waals surface area contributed by atoms with E-state index in [0.29, 0.717) is 5.92 Å². The van der Waals surface area contributed by atoms with Crippen LogP contribution >= 0.6 is 0 Å². The Hall–Kier alpha value is -1.37. The summed E-state index contributed by atoms with van der Waals surface area (Å²) in [5.74, 6) is 0.570. The van der Waals surface area contributed by atoms with Crippen LogP contribution in [-0.4, -0.2) is 4.98 Å². The highest BCUT2D eigenvalue weighted by Crippen LogP contribution is 2.24. The Morgan fingerprint density at radius 2 is 1.81 bits per heavy atom. The van der Waals surface area contributed by atoms with Gasteiger partial charge in [-0.1, -0.05) is 45.9 Å². The normalized spacial score (nSPS) is 10.1. The van der Waals surface area contributed by atoms with E-state index in [1.165, 1.54) is 16.3 Å². The Morgan fingerprint density at radius 1 is 1.12 bits per heavy atom. The van der Waals surface area contributed by atoms with E-state index in [4.69, 9.17) is 0 Å². The summed E-state index contributed by atoms with van der Waals surface area (Å²) in [6, 6.07) is 8.60. The van der Waals surface area contributed by atoms with Crippen LogP contribution in [0.25, 0.3) is 10.8 Å². The summed E-state index contributed by atoms with van der Waals surface area (Å²) in [5.41, 5.74) is 2.50. The predicted octanol–water partition coefficient (Wildman–Crippen LogP) is 4.69. The van der Waals surface area contributed by atoms with Crippen molar-refractivity contribution in [1.29, 1.82) is 0 Å². The highest BCUT2D eigenvalue weighted by atomic mass is 14.7. The highest BCUT2D eigenvalue weighted by Gasteiger charge is 2.04. The molecule has 0 amide bonds. The molecule has 2 aromatic rings. The first-order valence-corrected chi connectivity index (χ1v) is 6.04. The van der Waals surface area contributed by atoms with Gasteiger partial charge in [0.25, 0.3) is 0 Å². The molecular weight excluding hydrogens is 194 g/mol. The number of fused-ring (bicyclic) bond motifs is 1. The van der Waals surface area contributed by atoms with Crippen molar-refractivity contribution in [2.75, 3.05) is 0 Å². The fourth-order valence-corrected chi connectivity index (χ4v) is 1.80. The summed E-state index contributed by atoms with van der Waals surface area (Å²) >= 11 is 0. The maximum absolute atomic E-state index is 4.31. The second kappa shape index (κ2) is 5.64. The van der Waals surface area contributed by atoms with Gasteiger partial charge in [0, 0.05) is 17.3 Å². The summed E-state index contributed by atoms with van der Waals surface area (Å²) in [6.07, 6.45) is 1.95. The zero-order valence-electron chi connectivity index (χ0n) is 10.9. The minimum atomic E-state index is 0.570. The Balaban J connectivity index is 0.000000606. The number of hydrogen-bond donors (Lipinski definition) is 0. The number of pyridine rings is 1.